The van der Waals surface area contributed by atoms with Crippen LogP contribution in [0.15, 0.2) is 35.1 Å². The monoisotopic (exact) mass is 371 g/mol. The first-order valence-corrected chi connectivity index (χ1v) is 9.44. The predicted molar refractivity (Wildman–Crippen MR) is 103 cm³/mol. The van der Waals surface area contributed by atoms with Crippen molar-refractivity contribution >= 4 is 28.5 Å². The van der Waals surface area contributed by atoms with Gasteiger partial charge in [0.2, 0.25) is 0 Å². The molecule has 1 saturated heterocycles. The van der Waals surface area contributed by atoms with E-state index < -0.39 is 0 Å². The number of anilines is 1. The molecule has 1 fully saturated rings. The molecule has 1 aliphatic rings. The number of nitrogens with zero attached hydrogens (tertiary/aromatic N) is 4. The topological polar surface area (TPSA) is 67.1 Å². The van der Waals surface area contributed by atoms with Gasteiger partial charge in [0.15, 0.2) is 0 Å². The smallest absolute Gasteiger partial charge is 0.263 e. The highest BCUT2D eigenvalue weighted by molar-refractivity contribution is 6.30. The summed E-state index contributed by atoms with van der Waals surface area (Å²) in [6.07, 6.45) is 5.41. The van der Waals surface area contributed by atoms with E-state index in [1.165, 1.54) is 32.1 Å². The van der Waals surface area contributed by atoms with E-state index in [1.54, 1.807) is 0 Å². The number of nitrogens with one attached hydrogen (secondary N) is 1. The minimum atomic E-state index is 0.485. The van der Waals surface area contributed by atoms with Gasteiger partial charge in [0.1, 0.15) is 23.2 Å². The van der Waals surface area contributed by atoms with Gasteiger partial charge in [0.05, 0.1) is 0 Å². The van der Waals surface area contributed by atoms with E-state index in [1.807, 2.05) is 24.3 Å². The van der Waals surface area contributed by atoms with Crippen LogP contribution in [0.1, 0.15) is 26.2 Å². The Kier molecular flexibility index (Phi) is 5.04. The lowest BCUT2D eigenvalue weighted by atomic mass is 10.0. The maximum Gasteiger partial charge on any atom is 0.263 e. The van der Waals surface area contributed by atoms with E-state index in [0.717, 1.165) is 35.6 Å². The summed E-state index contributed by atoms with van der Waals surface area (Å²) in [5, 5.41) is 9.13. The molecule has 2 aromatic heterocycles. The van der Waals surface area contributed by atoms with E-state index in [4.69, 9.17) is 16.1 Å². The summed E-state index contributed by atoms with van der Waals surface area (Å²) in [5.41, 5.74) is 2.14. The number of hydrogen-bond acceptors (Lipinski definition) is 6. The fourth-order valence-electron chi connectivity index (χ4n) is 3.53. The van der Waals surface area contributed by atoms with Gasteiger partial charge in [0.25, 0.3) is 5.71 Å². The van der Waals surface area contributed by atoms with Crippen molar-refractivity contribution in [2.45, 2.75) is 32.2 Å². The summed E-state index contributed by atoms with van der Waals surface area (Å²) in [7, 11) is 0. The fraction of sp³-hybridized carbons (Fsp3) is 0.421. The molecule has 136 valence electrons. The molecule has 3 heterocycles. The minimum absolute atomic E-state index is 0.485. The van der Waals surface area contributed by atoms with Crippen molar-refractivity contribution in [3.63, 3.8) is 0 Å². The van der Waals surface area contributed by atoms with Gasteiger partial charge in [-0.2, -0.15) is 4.98 Å². The fourth-order valence-corrected chi connectivity index (χ4v) is 3.66. The number of fused-ring (bicyclic) bond motifs is 1. The van der Waals surface area contributed by atoms with Gasteiger partial charge in [-0.15, -0.1) is 0 Å². The van der Waals surface area contributed by atoms with Gasteiger partial charge in [-0.05, 0) is 38.4 Å². The molecule has 7 heteroatoms. The summed E-state index contributed by atoms with van der Waals surface area (Å²) >= 11 is 5.99. The molecule has 0 saturated carbocycles. The van der Waals surface area contributed by atoms with E-state index in [9.17, 15) is 0 Å². The lowest BCUT2D eigenvalue weighted by molar-refractivity contribution is 0.167. The van der Waals surface area contributed by atoms with Crippen LogP contribution in [0.25, 0.3) is 22.4 Å². The first-order chi connectivity index (χ1) is 12.7. The zero-order valence-corrected chi connectivity index (χ0v) is 15.5. The summed E-state index contributed by atoms with van der Waals surface area (Å²) in [5.74, 6) is 0.755. The second-order valence-corrected chi connectivity index (χ2v) is 7.18. The van der Waals surface area contributed by atoms with E-state index in [2.05, 4.69) is 32.3 Å². The third kappa shape index (κ3) is 3.52. The molecule has 1 aliphatic heterocycles. The molecule has 0 aliphatic carbocycles. The van der Waals surface area contributed by atoms with Gasteiger partial charge in [-0.25, -0.2) is 4.98 Å². The lowest BCUT2D eigenvalue weighted by Gasteiger charge is -2.33. The van der Waals surface area contributed by atoms with Crippen molar-refractivity contribution in [2.75, 3.05) is 25.0 Å². The Hall–Kier alpha value is -2.18. The highest BCUT2D eigenvalue weighted by atomic mass is 35.5. The Morgan fingerprint density at radius 1 is 1.23 bits per heavy atom. The Labute approximate surface area is 157 Å². The predicted octanol–water partition coefficient (Wildman–Crippen LogP) is 4.22. The summed E-state index contributed by atoms with van der Waals surface area (Å²) < 4.78 is 5.40. The number of aromatic nitrogens is 3. The highest BCUT2D eigenvalue weighted by Gasteiger charge is 2.19. The Morgan fingerprint density at radius 3 is 2.88 bits per heavy atom. The average molecular weight is 372 g/mol. The largest absolute Gasteiger partial charge is 0.368 e. The van der Waals surface area contributed by atoms with Crippen molar-refractivity contribution in [1.82, 2.24) is 20.0 Å². The standard InChI is InChI=1S/C19H22ClN5O/c1-13-4-2-3-10-25(13)11-9-21-18-16-17(14-5-7-15(20)8-6-14)24-26-19(16)23-12-22-18/h5-8,12-13H,2-4,9-11H2,1H3,(H,21,22,23)/t13-/m0/s1. The van der Waals surface area contributed by atoms with Crippen molar-refractivity contribution in [2.24, 2.45) is 0 Å². The Balaban J connectivity index is 1.55. The highest BCUT2D eigenvalue weighted by Crippen LogP contribution is 2.31. The molecular formula is C19H22ClN5O. The summed E-state index contributed by atoms with van der Waals surface area (Å²) in [4.78, 5) is 11.1. The molecule has 0 spiro atoms. The third-order valence-corrected chi connectivity index (χ3v) is 5.27. The van der Waals surface area contributed by atoms with Gasteiger partial charge in [-0.1, -0.05) is 35.3 Å². The SMILES string of the molecule is C[C@H]1CCCCN1CCNc1ncnc2onc(-c3ccc(Cl)cc3)c12. The average Bonchev–Trinajstić information content (AvgIpc) is 3.09. The number of rotatable bonds is 5. The maximum atomic E-state index is 5.99. The quantitative estimate of drug-likeness (QED) is 0.724. The summed E-state index contributed by atoms with van der Waals surface area (Å²) in [6.45, 7) is 5.29. The normalized spacial score (nSPS) is 18.3. The van der Waals surface area contributed by atoms with E-state index in [-0.39, 0.29) is 0 Å². The van der Waals surface area contributed by atoms with Crippen LogP contribution in [-0.4, -0.2) is 45.7 Å². The van der Waals surface area contributed by atoms with Crippen LogP contribution >= 0.6 is 11.6 Å². The second-order valence-electron chi connectivity index (χ2n) is 6.75. The molecular weight excluding hydrogens is 350 g/mol. The number of piperidine rings is 1. The molecule has 1 aromatic carbocycles. The lowest BCUT2D eigenvalue weighted by Crippen LogP contribution is -2.40. The van der Waals surface area contributed by atoms with Crippen LogP contribution in [-0.2, 0) is 0 Å². The van der Waals surface area contributed by atoms with Gasteiger partial charge in [0, 0.05) is 29.7 Å². The Bertz CT molecular complexity index is 879. The molecule has 0 unspecified atom stereocenters. The zero-order valence-electron chi connectivity index (χ0n) is 14.8. The zero-order chi connectivity index (χ0) is 17.9. The van der Waals surface area contributed by atoms with Crippen molar-refractivity contribution in [3.05, 3.63) is 35.6 Å². The first kappa shape index (κ1) is 17.2. The molecule has 3 aromatic rings. The second kappa shape index (κ2) is 7.60. The van der Waals surface area contributed by atoms with E-state index in [0.29, 0.717) is 16.8 Å². The summed E-state index contributed by atoms with van der Waals surface area (Å²) in [6, 6.07) is 8.17. The number of hydrogen-bond donors (Lipinski definition) is 1. The van der Waals surface area contributed by atoms with Crippen LogP contribution in [0, 0.1) is 0 Å². The molecule has 1 atom stereocenters. The van der Waals surface area contributed by atoms with E-state index >= 15 is 0 Å². The maximum absolute atomic E-state index is 5.99. The molecule has 0 radical (unpaired) electrons. The molecule has 1 N–H and O–H groups in total. The van der Waals surface area contributed by atoms with Crippen LogP contribution in [0.4, 0.5) is 5.82 Å². The van der Waals surface area contributed by atoms with Crippen molar-refractivity contribution in [3.8, 4) is 11.3 Å². The molecule has 4 rings (SSSR count). The molecule has 0 bridgehead atoms. The van der Waals surface area contributed by atoms with Crippen LogP contribution in [0.3, 0.4) is 0 Å². The van der Waals surface area contributed by atoms with Crippen LogP contribution in [0.5, 0.6) is 0 Å². The third-order valence-electron chi connectivity index (χ3n) is 5.02. The molecule has 26 heavy (non-hydrogen) atoms. The van der Waals surface area contributed by atoms with Crippen LogP contribution < -0.4 is 5.32 Å². The minimum Gasteiger partial charge on any atom is -0.368 e. The molecule has 0 amide bonds. The van der Waals surface area contributed by atoms with Gasteiger partial charge < -0.3 is 9.84 Å². The number of halogens is 1. The Morgan fingerprint density at radius 2 is 2.08 bits per heavy atom. The van der Waals surface area contributed by atoms with Crippen LogP contribution in [0.2, 0.25) is 5.02 Å². The van der Waals surface area contributed by atoms with Gasteiger partial charge in [-0.3, -0.25) is 4.90 Å². The number of likely N-dealkylation sites (tertiary alicyclic amines) is 1. The number of benzene rings is 1. The van der Waals surface area contributed by atoms with Gasteiger partial charge >= 0.3 is 0 Å². The molecule has 6 nitrogen and oxygen atoms in total. The van der Waals surface area contributed by atoms with Crippen molar-refractivity contribution < 1.29 is 4.52 Å². The van der Waals surface area contributed by atoms with Crippen molar-refractivity contribution in [1.29, 1.82) is 0 Å². The first-order valence-electron chi connectivity index (χ1n) is 9.06.